The van der Waals surface area contributed by atoms with Crippen molar-refractivity contribution in [3.63, 3.8) is 0 Å². The molecule has 6 nitrogen and oxygen atoms in total. The lowest BCUT2D eigenvalue weighted by atomic mass is 10.0. The van der Waals surface area contributed by atoms with Gasteiger partial charge in [0.05, 0.1) is 31.4 Å². The number of halogens is 1. The minimum atomic E-state index is -0.390. The lowest BCUT2D eigenvalue weighted by molar-refractivity contribution is -0.137. The number of benzene rings is 2. The zero-order chi connectivity index (χ0) is 21.7. The van der Waals surface area contributed by atoms with Gasteiger partial charge in [-0.25, -0.2) is 0 Å². The largest absolute Gasteiger partial charge is 0.494 e. The number of carbonyl (C=O) groups is 2. The Morgan fingerprint density at radius 2 is 1.80 bits per heavy atom. The van der Waals surface area contributed by atoms with Gasteiger partial charge in [0, 0.05) is 16.8 Å². The molecule has 0 fully saturated rings. The first-order valence-electron chi connectivity index (χ1n) is 9.88. The van der Waals surface area contributed by atoms with Crippen molar-refractivity contribution in [2.45, 2.75) is 26.9 Å². The van der Waals surface area contributed by atoms with Crippen molar-refractivity contribution < 1.29 is 19.1 Å². The molecule has 0 saturated carbocycles. The smallest absolute Gasteiger partial charge is 0.278 e. The number of nitrogens with zero attached hydrogens (tertiary/aromatic N) is 1. The highest BCUT2D eigenvalue weighted by Crippen LogP contribution is 2.31. The van der Waals surface area contributed by atoms with Crippen LogP contribution in [0, 0.1) is 0 Å². The minimum Gasteiger partial charge on any atom is -0.494 e. The number of hydrogen-bond donors (Lipinski definition) is 1. The first-order chi connectivity index (χ1) is 14.4. The highest BCUT2D eigenvalue weighted by atomic mass is 35.5. The quantitative estimate of drug-likeness (QED) is 0.601. The number of imide groups is 1. The van der Waals surface area contributed by atoms with E-state index in [0.29, 0.717) is 34.2 Å². The lowest BCUT2D eigenvalue weighted by Crippen LogP contribution is -2.35. The average molecular weight is 429 g/mol. The number of carbonyl (C=O) groups excluding carboxylic acids is 2. The number of anilines is 1. The molecule has 7 heteroatoms. The van der Waals surface area contributed by atoms with Crippen molar-refractivity contribution in [1.82, 2.24) is 4.90 Å². The van der Waals surface area contributed by atoms with E-state index in [4.69, 9.17) is 21.1 Å². The number of ether oxygens (including phenoxy) is 2. The molecular weight excluding hydrogens is 404 g/mol. The Labute approximate surface area is 181 Å². The Kier molecular flexibility index (Phi) is 7.13. The Bertz CT molecular complexity index is 954. The second-order valence-electron chi connectivity index (χ2n) is 7.02. The predicted molar refractivity (Wildman–Crippen MR) is 117 cm³/mol. The molecule has 1 aliphatic rings. The van der Waals surface area contributed by atoms with Gasteiger partial charge in [0.15, 0.2) is 0 Å². The zero-order valence-electron chi connectivity index (χ0n) is 17.3. The van der Waals surface area contributed by atoms with E-state index in [1.54, 1.807) is 30.3 Å². The van der Waals surface area contributed by atoms with E-state index in [9.17, 15) is 9.59 Å². The molecular formula is C23H25ClN2O4. The van der Waals surface area contributed by atoms with Crippen molar-refractivity contribution in [1.29, 1.82) is 0 Å². The highest BCUT2D eigenvalue weighted by molar-refractivity contribution is 6.36. The number of amides is 2. The molecule has 2 amide bonds. The molecule has 0 spiro atoms. The van der Waals surface area contributed by atoms with Gasteiger partial charge >= 0.3 is 0 Å². The Morgan fingerprint density at radius 3 is 2.47 bits per heavy atom. The Hall–Kier alpha value is -2.83. The Balaban J connectivity index is 1.94. The van der Waals surface area contributed by atoms with Gasteiger partial charge in [0.25, 0.3) is 11.8 Å². The summed E-state index contributed by atoms with van der Waals surface area (Å²) in [7, 11) is 0. The van der Waals surface area contributed by atoms with Crippen LogP contribution in [-0.2, 0) is 14.3 Å². The molecule has 3 rings (SSSR count). The first-order valence-corrected chi connectivity index (χ1v) is 10.3. The van der Waals surface area contributed by atoms with Gasteiger partial charge in [0.1, 0.15) is 11.4 Å². The summed E-state index contributed by atoms with van der Waals surface area (Å²) in [5, 5.41) is 3.68. The van der Waals surface area contributed by atoms with Crippen molar-refractivity contribution in [2.75, 3.05) is 25.1 Å². The topological polar surface area (TPSA) is 67.9 Å². The molecule has 0 unspecified atom stereocenters. The normalized spacial score (nSPS) is 14.1. The third kappa shape index (κ3) is 5.01. The molecule has 2 aromatic carbocycles. The van der Waals surface area contributed by atoms with Crippen LogP contribution in [0.25, 0.3) is 5.57 Å². The first kappa shape index (κ1) is 21.9. The van der Waals surface area contributed by atoms with Crippen molar-refractivity contribution in [3.8, 4) is 5.75 Å². The standard InChI is InChI=1S/C23H25ClN2O4/c1-4-29-19-7-5-6-18(14-19)25-21-20(16-8-10-17(24)11-9-16)22(27)26(23(21)28)12-13-30-15(2)3/h5-11,14-15,25H,4,12-13H2,1-3H3. The minimum absolute atomic E-state index is 0.0143. The maximum absolute atomic E-state index is 13.1. The molecule has 0 radical (unpaired) electrons. The third-order valence-corrected chi connectivity index (χ3v) is 4.73. The lowest BCUT2D eigenvalue weighted by Gasteiger charge is -2.16. The molecule has 1 heterocycles. The van der Waals surface area contributed by atoms with Gasteiger partial charge in [-0.2, -0.15) is 0 Å². The van der Waals surface area contributed by atoms with E-state index < -0.39 is 0 Å². The van der Waals surface area contributed by atoms with E-state index in [1.165, 1.54) is 4.90 Å². The molecule has 0 bridgehead atoms. The molecule has 1 aliphatic heterocycles. The van der Waals surface area contributed by atoms with Gasteiger partial charge in [-0.1, -0.05) is 29.8 Å². The fraction of sp³-hybridized carbons (Fsp3) is 0.304. The SMILES string of the molecule is CCOc1cccc(NC2=C(c3ccc(Cl)cc3)C(=O)N(CCOC(C)C)C2=O)c1. The summed E-state index contributed by atoms with van der Waals surface area (Å²) in [6, 6.07) is 14.1. The summed E-state index contributed by atoms with van der Waals surface area (Å²) in [4.78, 5) is 27.5. The monoisotopic (exact) mass is 428 g/mol. The van der Waals surface area contributed by atoms with Crippen LogP contribution in [0.15, 0.2) is 54.2 Å². The van der Waals surface area contributed by atoms with Crippen LogP contribution in [0.3, 0.4) is 0 Å². The van der Waals surface area contributed by atoms with Crippen molar-refractivity contribution >= 4 is 34.7 Å². The summed E-state index contributed by atoms with van der Waals surface area (Å²) in [6.45, 7) is 6.70. The maximum Gasteiger partial charge on any atom is 0.278 e. The number of nitrogens with one attached hydrogen (secondary N) is 1. The fourth-order valence-electron chi connectivity index (χ4n) is 3.13. The van der Waals surface area contributed by atoms with Gasteiger partial charge in [-0.15, -0.1) is 0 Å². The molecule has 0 atom stereocenters. The summed E-state index contributed by atoms with van der Waals surface area (Å²) >= 11 is 6.00. The van der Waals surface area contributed by atoms with Crippen LogP contribution >= 0.6 is 11.6 Å². The van der Waals surface area contributed by atoms with Gasteiger partial charge < -0.3 is 14.8 Å². The predicted octanol–water partition coefficient (Wildman–Crippen LogP) is 4.36. The van der Waals surface area contributed by atoms with E-state index in [-0.39, 0.29) is 36.8 Å². The van der Waals surface area contributed by atoms with Crippen molar-refractivity contribution in [3.05, 3.63) is 64.8 Å². The summed E-state index contributed by atoms with van der Waals surface area (Å²) < 4.78 is 11.1. The molecule has 1 N–H and O–H groups in total. The maximum atomic E-state index is 13.1. The Morgan fingerprint density at radius 1 is 1.07 bits per heavy atom. The number of rotatable bonds is 9. The summed E-state index contributed by atoms with van der Waals surface area (Å²) in [6.07, 6.45) is 0.0143. The van der Waals surface area contributed by atoms with E-state index >= 15 is 0 Å². The van der Waals surface area contributed by atoms with Crippen LogP contribution in [0.1, 0.15) is 26.3 Å². The van der Waals surface area contributed by atoms with Gasteiger partial charge in [-0.3, -0.25) is 14.5 Å². The molecule has 158 valence electrons. The van der Waals surface area contributed by atoms with E-state index in [2.05, 4.69) is 5.32 Å². The van der Waals surface area contributed by atoms with Crippen LogP contribution < -0.4 is 10.1 Å². The molecule has 0 aliphatic carbocycles. The van der Waals surface area contributed by atoms with E-state index in [0.717, 1.165) is 0 Å². The van der Waals surface area contributed by atoms with Crippen LogP contribution in [0.2, 0.25) is 5.02 Å². The molecule has 2 aromatic rings. The van der Waals surface area contributed by atoms with Crippen LogP contribution in [0.4, 0.5) is 5.69 Å². The zero-order valence-corrected chi connectivity index (χ0v) is 18.0. The summed E-state index contributed by atoms with van der Waals surface area (Å²) in [5.74, 6) is -0.0765. The van der Waals surface area contributed by atoms with Gasteiger partial charge in [0.2, 0.25) is 0 Å². The molecule has 0 saturated heterocycles. The van der Waals surface area contributed by atoms with E-state index in [1.807, 2.05) is 39.0 Å². The fourth-order valence-corrected chi connectivity index (χ4v) is 3.26. The second kappa shape index (κ2) is 9.78. The molecule has 30 heavy (non-hydrogen) atoms. The van der Waals surface area contributed by atoms with Gasteiger partial charge in [-0.05, 0) is 50.6 Å². The second-order valence-corrected chi connectivity index (χ2v) is 7.46. The third-order valence-electron chi connectivity index (χ3n) is 4.48. The van der Waals surface area contributed by atoms with Crippen molar-refractivity contribution in [2.24, 2.45) is 0 Å². The van der Waals surface area contributed by atoms with Crippen LogP contribution in [0.5, 0.6) is 5.75 Å². The average Bonchev–Trinajstić information content (AvgIpc) is 2.93. The van der Waals surface area contributed by atoms with Crippen LogP contribution in [-0.4, -0.2) is 42.6 Å². The summed E-state index contributed by atoms with van der Waals surface area (Å²) in [5.41, 5.74) is 1.81. The molecule has 0 aromatic heterocycles. The number of hydrogen-bond acceptors (Lipinski definition) is 5. The highest BCUT2D eigenvalue weighted by Gasteiger charge is 2.39.